The van der Waals surface area contributed by atoms with Crippen molar-refractivity contribution in [2.75, 3.05) is 19.6 Å². The monoisotopic (exact) mass is 313 g/mol. The maximum absolute atomic E-state index is 13.7. The van der Waals surface area contributed by atoms with Crippen molar-refractivity contribution >= 4 is 10.9 Å². The van der Waals surface area contributed by atoms with Gasteiger partial charge in [0.2, 0.25) is 0 Å². The number of halogens is 1. The van der Waals surface area contributed by atoms with E-state index in [1.807, 2.05) is 6.07 Å². The third-order valence-corrected chi connectivity index (χ3v) is 6.25. The van der Waals surface area contributed by atoms with E-state index in [4.69, 9.17) is 5.73 Å². The maximum atomic E-state index is 13.7. The van der Waals surface area contributed by atoms with Gasteiger partial charge in [-0.3, -0.25) is 0 Å². The van der Waals surface area contributed by atoms with Crippen LogP contribution in [-0.4, -0.2) is 35.1 Å². The molecule has 3 aliphatic rings. The molecule has 1 aromatic heterocycles. The number of fused-ring (bicyclic) bond motifs is 4. The molecule has 1 aliphatic heterocycles. The Balaban J connectivity index is 1.49. The predicted octanol–water partition coefficient (Wildman–Crippen LogP) is 2.84. The fourth-order valence-corrected chi connectivity index (χ4v) is 4.80. The Morgan fingerprint density at radius 1 is 1.30 bits per heavy atom. The van der Waals surface area contributed by atoms with Crippen molar-refractivity contribution in [1.82, 2.24) is 9.88 Å². The number of hydrogen-bond acceptors (Lipinski definition) is 2. The van der Waals surface area contributed by atoms with Crippen molar-refractivity contribution in [2.45, 2.75) is 37.6 Å². The van der Waals surface area contributed by atoms with Crippen LogP contribution >= 0.6 is 0 Å². The molecule has 2 atom stereocenters. The summed E-state index contributed by atoms with van der Waals surface area (Å²) in [5.41, 5.74) is 10.3. The molecule has 4 heteroatoms. The predicted molar refractivity (Wildman–Crippen MR) is 89.9 cm³/mol. The van der Waals surface area contributed by atoms with Crippen LogP contribution < -0.4 is 5.73 Å². The molecule has 1 aromatic carbocycles. The number of nitrogens with zero attached hydrogens (tertiary/aromatic N) is 1. The van der Waals surface area contributed by atoms with Crippen LogP contribution in [0.4, 0.5) is 4.39 Å². The van der Waals surface area contributed by atoms with Gasteiger partial charge in [0.15, 0.2) is 0 Å². The molecule has 5 rings (SSSR count). The number of nitrogens with two attached hydrogens (primary N) is 1. The third-order valence-electron chi connectivity index (χ3n) is 6.25. The highest BCUT2D eigenvalue weighted by Gasteiger charge is 2.45. The fourth-order valence-electron chi connectivity index (χ4n) is 4.80. The fraction of sp³-hybridized carbons (Fsp3) is 0.579. The Labute approximate surface area is 136 Å². The van der Waals surface area contributed by atoms with Gasteiger partial charge in [0.1, 0.15) is 5.82 Å². The number of hydrogen-bond donors (Lipinski definition) is 2. The van der Waals surface area contributed by atoms with Crippen molar-refractivity contribution in [3.63, 3.8) is 0 Å². The quantitative estimate of drug-likeness (QED) is 0.895. The smallest absolute Gasteiger partial charge is 0.123 e. The molecule has 3 N–H and O–H groups in total. The van der Waals surface area contributed by atoms with E-state index in [0.717, 1.165) is 36.2 Å². The number of benzene rings is 1. The summed E-state index contributed by atoms with van der Waals surface area (Å²) in [5, 5.41) is 1.03. The first-order chi connectivity index (χ1) is 11.1. The minimum Gasteiger partial charge on any atom is -0.358 e. The maximum Gasteiger partial charge on any atom is 0.123 e. The zero-order valence-corrected chi connectivity index (χ0v) is 13.4. The number of aromatic amines is 1. The number of likely N-dealkylation sites (tertiary alicyclic amines) is 1. The Hall–Kier alpha value is -1.39. The van der Waals surface area contributed by atoms with Crippen molar-refractivity contribution < 1.29 is 4.39 Å². The Morgan fingerprint density at radius 2 is 2.17 bits per heavy atom. The number of aromatic nitrogens is 1. The van der Waals surface area contributed by atoms with Gasteiger partial charge in [-0.05, 0) is 74.2 Å². The molecule has 1 saturated carbocycles. The molecule has 0 amide bonds. The standard InChI is InChI=1S/C19H24FN3/c20-14-3-4-17-15(8-14)16-9-19(21)11-23(10-12-1-2-12)6-5-13(19)7-18(16)22-17/h3-4,8,12-13,22H,1-2,5-7,9-11,21H2. The molecule has 2 aliphatic carbocycles. The zero-order chi connectivity index (χ0) is 15.6. The Kier molecular flexibility index (Phi) is 2.92. The molecule has 2 fully saturated rings. The minimum atomic E-state index is -0.161. The lowest BCUT2D eigenvalue weighted by atomic mass is 9.68. The van der Waals surface area contributed by atoms with Crippen LogP contribution in [0.25, 0.3) is 10.9 Å². The molecule has 23 heavy (non-hydrogen) atoms. The first kappa shape index (κ1) is 14.0. The number of nitrogens with one attached hydrogen (secondary N) is 1. The van der Waals surface area contributed by atoms with Crippen molar-refractivity contribution in [2.24, 2.45) is 17.6 Å². The Morgan fingerprint density at radius 3 is 3.00 bits per heavy atom. The van der Waals surface area contributed by atoms with E-state index in [-0.39, 0.29) is 11.4 Å². The van der Waals surface area contributed by atoms with Crippen LogP contribution in [0.1, 0.15) is 30.5 Å². The van der Waals surface area contributed by atoms with E-state index in [2.05, 4.69) is 9.88 Å². The molecular weight excluding hydrogens is 289 g/mol. The average molecular weight is 313 g/mol. The summed E-state index contributed by atoms with van der Waals surface area (Å²) in [6.07, 6.45) is 5.86. The van der Waals surface area contributed by atoms with Gasteiger partial charge >= 0.3 is 0 Å². The van der Waals surface area contributed by atoms with E-state index >= 15 is 0 Å². The second kappa shape index (κ2) is 4.81. The van der Waals surface area contributed by atoms with E-state index < -0.39 is 0 Å². The molecule has 0 radical (unpaired) electrons. The van der Waals surface area contributed by atoms with Crippen LogP contribution in [-0.2, 0) is 12.8 Å². The van der Waals surface area contributed by atoms with E-state index in [1.165, 1.54) is 49.7 Å². The van der Waals surface area contributed by atoms with Gasteiger partial charge in [-0.2, -0.15) is 0 Å². The van der Waals surface area contributed by atoms with Crippen molar-refractivity contribution in [3.05, 3.63) is 35.3 Å². The van der Waals surface area contributed by atoms with Gasteiger partial charge in [-0.1, -0.05) is 0 Å². The van der Waals surface area contributed by atoms with E-state index in [0.29, 0.717) is 5.92 Å². The minimum absolute atomic E-state index is 0.151. The van der Waals surface area contributed by atoms with Crippen molar-refractivity contribution in [3.8, 4) is 0 Å². The largest absolute Gasteiger partial charge is 0.358 e. The van der Waals surface area contributed by atoms with Gasteiger partial charge in [0.05, 0.1) is 0 Å². The molecule has 3 nitrogen and oxygen atoms in total. The molecule has 122 valence electrons. The molecule has 2 heterocycles. The summed E-state index contributed by atoms with van der Waals surface area (Å²) in [5.74, 6) is 1.30. The summed E-state index contributed by atoms with van der Waals surface area (Å²) in [6, 6.07) is 5.06. The topological polar surface area (TPSA) is 45.1 Å². The highest BCUT2D eigenvalue weighted by atomic mass is 19.1. The van der Waals surface area contributed by atoms with E-state index in [1.54, 1.807) is 6.07 Å². The Bertz CT molecular complexity index is 763. The number of rotatable bonds is 2. The highest BCUT2D eigenvalue weighted by Crippen LogP contribution is 2.41. The molecule has 0 spiro atoms. The van der Waals surface area contributed by atoms with Crippen LogP contribution in [0.5, 0.6) is 0 Å². The summed E-state index contributed by atoms with van der Waals surface area (Å²) in [4.78, 5) is 6.09. The highest BCUT2D eigenvalue weighted by molar-refractivity contribution is 5.85. The molecule has 0 bridgehead atoms. The van der Waals surface area contributed by atoms with Gasteiger partial charge < -0.3 is 15.6 Å². The number of piperidine rings is 1. The second-order valence-electron chi connectivity index (χ2n) is 8.05. The van der Waals surface area contributed by atoms with E-state index in [9.17, 15) is 4.39 Å². The lowest BCUT2D eigenvalue weighted by Crippen LogP contribution is -2.63. The van der Waals surface area contributed by atoms with Gasteiger partial charge in [-0.25, -0.2) is 4.39 Å². The normalized spacial score (nSPS) is 31.1. The summed E-state index contributed by atoms with van der Waals surface area (Å²) in [6.45, 7) is 3.40. The molecular formula is C19H24FN3. The van der Waals surface area contributed by atoms with Gasteiger partial charge in [-0.15, -0.1) is 0 Å². The zero-order valence-electron chi connectivity index (χ0n) is 13.4. The number of H-pyrrole nitrogens is 1. The average Bonchev–Trinajstić information content (AvgIpc) is 3.26. The summed E-state index contributed by atoms with van der Waals surface area (Å²) < 4.78 is 13.7. The van der Waals surface area contributed by atoms with Gasteiger partial charge in [0, 0.05) is 35.2 Å². The van der Waals surface area contributed by atoms with Crippen molar-refractivity contribution in [1.29, 1.82) is 0 Å². The first-order valence-corrected chi connectivity index (χ1v) is 8.91. The molecule has 2 unspecified atom stereocenters. The SMILES string of the molecule is NC12Cc3c([nH]c4ccc(F)cc34)CC1CCN(CC1CC1)C2. The molecule has 2 aromatic rings. The third kappa shape index (κ3) is 2.31. The van der Waals surface area contributed by atoms with Crippen LogP contribution in [0, 0.1) is 17.7 Å². The van der Waals surface area contributed by atoms with Gasteiger partial charge in [0.25, 0.3) is 0 Å². The first-order valence-electron chi connectivity index (χ1n) is 8.91. The second-order valence-corrected chi connectivity index (χ2v) is 8.05. The van der Waals surface area contributed by atoms with Crippen LogP contribution in [0.3, 0.4) is 0 Å². The lowest BCUT2D eigenvalue weighted by Gasteiger charge is -2.48. The lowest BCUT2D eigenvalue weighted by molar-refractivity contribution is 0.0812. The molecule has 1 saturated heterocycles. The van der Waals surface area contributed by atoms with Crippen LogP contribution in [0.2, 0.25) is 0 Å². The summed E-state index contributed by atoms with van der Waals surface area (Å²) >= 11 is 0. The summed E-state index contributed by atoms with van der Waals surface area (Å²) in [7, 11) is 0. The van der Waals surface area contributed by atoms with Crippen LogP contribution in [0.15, 0.2) is 18.2 Å².